The van der Waals surface area contributed by atoms with Crippen LogP contribution in [0, 0.1) is 6.92 Å². The number of aryl methyl sites for hydroxylation is 1. The Hall–Kier alpha value is -2.04. The van der Waals surface area contributed by atoms with Gasteiger partial charge in [0.05, 0.1) is 11.0 Å². The first-order valence-corrected chi connectivity index (χ1v) is 5.51. The first kappa shape index (κ1) is 11.4. The van der Waals surface area contributed by atoms with Crippen molar-refractivity contribution in [1.29, 1.82) is 0 Å². The molecule has 0 bridgehead atoms. The lowest BCUT2D eigenvalue weighted by Crippen LogP contribution is -2.18. The van der Waals surface area contributed by atoms with Gasteiger partial charge >= 0.3 is 0 Å². The zero-order valence-electron chi connectivity index (χ0n) is 9.97. The molecule has 5 heteroatoms. The number of anilines is 1. The quantitative estimate of drug-likeness (QED) is 0.837. The maximum atomic E-state index is 11.0. The van der Waals surface area contributed by atoms with Gasteiger partial charge in [0.1, 0.15) is 0 Å². The van der Waals surface area contributed by atoms with Crippen LogP contribution >= 0.6 is 0 Å². The van der Waals surface area contributed by atoms with Crippen molar-refractivity contribution in [1.82, 2.24) is 9.55 Å². The summed E-state index contributed by atoms with van der Waals surface area (Å²) in [6.07, 6.45) is 0.254. The molecule has 0 aliphatic heterocycles. The first-order valence-electron chi connectivity index (χ1n) is 5.51. The van der Waals surface area contributed by atoms with Crippen molar-refractivity contribution in [3.05, 3.63) is 23.8 Å². The highest BCUT2D eigenvalue weighted by Crippen LogP contribution is 2.24. The number of primary amides is 1. The van der Waals surface area contributed by atoms with E-state index in [1.807, 2.05) is 36.6 Å². The van der Waals surface area contributed by atoms with E-state index in [1.165, 1.54) is 0 Å². The molecule has 17 heavy (non-hydrogen) atoms. The summed E-state index contributed by atoms with van der Waals surface area (Å²) in [4.78, 5) is 15.2. The Labute approximate surface area is 99.4 Å². The van der Waals surface area contributed by atoms with E-state index in [4.69, 9.17) is 11.5 Å². The highest BCUT2D eigenvalue weighted by Gasteiger charge is 2.15. The fourth-order valence-electron chi connectivity index (χ4n) is 2.07. The first-order chi connectivity index (χ1) is 7.99. The lowest BCUT2D eigenvalue weighted by Gasteiger charge is -2.14. The lowest BCUT2D eigenvalue weighted by molar-refractivity contribution is -0.118. The van der Waals surface area contributed by atoms with Crippen molar-refractivity contribution >= 4 is 22.9 Å². The molecule has 2 aromatic rings. The number of hydrogen-bond donors (Lipinski definition) is 2. The van der Waals surface area contributed by atoms with Gasteiger partial charge in [-0.3, -0.25) is 4.79 Å². The third kappa shape index (κ3) is 2.08. The molecule has 90 valence electrons. The molecule has 0 aliphatic carbocycles. The molecule has 4 N–H and O–H groups in total. The van der Waals surface area contributed by atoms with Crippen LogP contribution in [0.5, 0.6) is 0 Å². The van der Waals surface area contributed by atoms with Crippen molar-refractivity contribution in [3.8, 4) is 0 Å². The Morgan fingerprint density at radius 1 is 1.53 bits per heavy atom. The lowest BCUT2D eigenvalue weighted by atomic mass is 10.2. The van der Waals surface area contributed by atoms with Gasteiger partial charge in [-0.1, -0.05) is 6.07 Å². The Balaban J connectivity index is 2.53. The van der Waals surface area contributed by atoms with E-state index < -0.39 is 0 Å². The van der Waals surface area contributed by atoms with Gasteiger partial charge < -0.3 is 16.0 Å². The van der Waals surface area contributed by atoms with Crippen LogP contribution in [0.1, 0.15) is 24.9 Å². The number of imidazole rings is 1. The number of nitrogens with two attached hydrogens (primary N) is 2. The molecule has 0 spiro atoms. The van der Waals surface area contributed by atoms with Crippen LogP contribution in [-0.2, 0) is 4.79 Å². The summed E-state index contributed by atoms with van der Waals surface area (Å²) >= 11 is 0. The van der Waals surface area contributed by atoms with E-state index >= 15 is 0 Å². The average molecular weight is 232 g/mol. The molecule has 1 aromatic heterocycles. The molecule has 1 unspecified atom stereocenters. The van der Waals surface area contributed by atoms with Crippen molar-refractivity contribution in [2.45, 2.75) is 26.3 Å². The molecule has 0 fully saturated rings. The Morgan fingerprint density at radius 3 is 2.88 bits per heavy atom. The number of hydrogen-bond acceptors (Lipinski definition) is 3. The third-order valence-corrected chi connectivity index (χ3v) is 2.81. The molecule has 1 heterocycles. The summed E-state index contributed by atoms with van der Waals surface area (Å²) in [5.74, 6) is 0.0743. The van der Waals surface area contributed by atoms with Crippen LogP contribution in [0.15, 0.2) is 18.2 Å². The molecule has 0 aliphatic rings. The molecule has 0 saturated carbocycles. The van der Waals surface area contributed by atoms with Gasteiger partial charge in [0.2, 0.25) is 11.9 Å². The van der Waals surface area contributed by atoms with Crippen LogP contribution in [0.2, 0.25) is 0 Å². The summed E-state index contributed by atoms with van der Waals surface area (Å²) in [7, 11) is 0. The van der Waals surface area contributed by atoms with Gasteiger partial charge in [0.15, 0.2) is 0 Å². The zero-order chi connectivity index (χ0) is 12.6. The van der Waals surface area contributed by atoms with E-state index in [9.17, 15) is 4.79 Å². The predicted molar refractivity (Wildman–Crippen MR) is 67.4 cm³/mol. The van der Waals surface area contributed by atoms with Gasteiger partial charge in [-0.05, 0) is 31.5 Å². The monoisotopic (exact) mass is 232 g/mol. The maximum Gasteiger partial charge on any atom is 0.219 e. The number of nitrogens with zero attached hydrogens (tertiary/aromatic N) is 2. The molecule has 1 amide bonds. The highest BCUT2D eigenvalue weighted by atomic mass is 16.1. The second-order valence-corrected chi connectivity index (χ2v) is 4.35. The molecule has 1 atom stereocenters. The number of amides is 1. The van der Waals surface area contributed by atoms with E-state index in [1.54, 1.807) is 0 Å². The number of carbonyl (C=O) groups excluding carboxylic acids is 1. The highest BCUT2D eigenvalue weighted by molar-refractivity contribution is 5.80. The van der Waals surface area contributed by atoms with Crippen LogP contribution < -0.4 is 11.5 Å². The largest absolute Gasteiger partial charge is 0.370 e. The van der Waals surface area contributed by atoms with Gasteiger partial charge in [-0.15, -0.1) is 0 Å². The Kier molecular flexibility index (Phi) is 2.75. The molecule has 5 nitrogen and oxygen atoms in total. The summed E-state index contributed by atoms with van der Waals surface area (Å²) in [6, 6.07) is 5.85. The van der Waals surface area contributed by atoms with Crippen LogP contribution in [-0.4, -0.2) is 15.5 Å². The topological polar surface area (TPSA) is 86.9 Å². The van der Waals surface area contributed by atoms with E-state index in [2.05, 4.69) is 4.98 Å². The molecular weight excluding hydrogens is 216 g/mol. The average Bonchev–Trinajstić information content (AvgIpc) is 2.51. The van der Waals surface area contributed by atoms with Crippen LogP contribution in [0.25, 0.3) is 11.0 Å². The van der Waals surface area contributed by atoms with Crippen LogP contribution in [0.4, 0.5) is 5.95 Å². The summed E-state index contributed by atoms with van der Waals surface area (Å²) in [5.41, 5.74) is 14.0. The van der Waals surface area contributed by atoms with Gasteiger partial charge in [-0.2, -0.15) is 0 Å². The fraction of sp³-hybridized carbons (Fsp3) is 0.333. The number of fused-ring (bicyclic) bond motifs is 1. The predicted octanol–water partition coefficient (Wildman–Crippen LogP) is 1.36. The van der Waals surface area contributed by atoms with Gasteiger partial charge in [0, 0.05) is 12.5 Å². The minimum atomic E-state index is -0.342. The number of rotatable bonds is 3. The smallest absolute Gasteiger partial charge is 0.219 e. The van der Waals surface area contributed by atoms with Crippen LogP contribution in [0.3, 0.4) is 0 Å². The summed E-state index contributed by atoms with van der Waals surface area (Å²) < 4.78 is 1.85. The van der Waals surface area contributed by atoms with Crippen molar-refractivity contribution in [3.63, 3.8) is 0 Å². The molecule has 1 aromatic carbocycles. The minimum absolute atomic E-state index is 0.0831. The van der Waals surface area contributed by atoms with Gasteiger partial charge in [0.25, 0.3) is 0 Å². The molecule has 0 saturated heterocycles. The van der Waals surface area contributed by atoms with E-state index in [0.717, 1.165) is 16.6 Å². The minimum Gasteiger partial charge on any atom is -0.370 e. The standard InChI is InChI=1S/C12H16N4O/c1-7-3-4-10-9(5-7)15-12(14)16(10)8(2)6-11(13)17/h3-5,8H,6H2,1-2H3,(H2,13,17)(H2,14,15). The number of carbonyl (C=O) groups is 1. The number of nitrogen functional groups attached to an aromatic ring is 1. The van der Waals surface area contributed by atoms with E-state index in [-0.39, 0.29) is 18.4 Å². The van der Waals surface area contributed by atoms with Crippen molar-refractivity contribution < 1.29 is 4.79 Å². The Morgan fingerprint density at radius 2 is 2.24 bits per heavy atom. The third-order valence-electron chi connectivity index (χ3n) is 2.81. The second kappa shape index (κ2) is 4.08. The molecule has 0 radical (unpaired) electrons. The number of benzene rings is 1. The molecular formula is C12H16N4O. The maximum absolute atomic E-state index is 11.0. The zero-order valence-corrected chi connectivity index (χ0v) is 9.97. The SMILES string of the molecule is Cc1ccc2c(c1)nc(N)n2C(C)CC(N)=O. The summed E-state index contributed by atoms with van der Waals surface area (Å²) in [6.45, 7) is 3.91. The van der Waals surface area contributed by atoms with E-state index in [0.29, 0.717) is 5.95 Å². The second-order valence-electron chi connectivity index (χ2n) is 4.35. The normalized spacial score (nSPS) is 12.8. The number of aromatic nitrogens is 2. The van der Waals surface area contributed by atoms with Crippen molar-refractivity contribution in [2.24, 2.45) is 5.73 Å². The molecule has 2 rings (SSSR count). The fourth-order valence-corrected chi connectivity index (χ4v) is 2.07. The van der Waals surface area contributed by atoms with Crippen molar-refractivity contribution in [2.75, 3.05) is 5.73 Å². The van der Waals surface area contributed by atoms with Gasteiger partial charge in [-0.25, -0.2) is 4.98 Å². The Bertz CT molecular complexity index is 573. The summed E-state index contributed by atoms with van der Waals surface area (Å²) in [5, 5.41) is 0.